The van der Waals surface area contributed by atoms with Crippen molar-refractivity contribution in [1.82, 2.24) is 19.5 Å². The number of rotatable bonds is 4. The number of fused-ring (bicyclic) bond motifs is 6. The summed E-state index contributed by atoms with van der Waals surface area (Å²) in [5, 5.41) is 2.13. The maximum atomic E-state index is 6.15. The van der Waals surface area contributed by atoms with Gasteiger partial charge in [0.25, 0.3) is 0 Å². The van der Waals surface area contributed by atoms with E-state index in [9.17, 15) is 0 Å². The second kappa shape index (κ2) is 9.51. The quantitative estimate of drug-likeness (QED) is 0.202. The van der Waals surface area contributed by atoms with Crippen LogP contribution in [0.3, 0.4) is 0 Å². The lowest BCUT2D eigenvalue weighted by Gasteiger charge is -2.09. The Morgan fingerprint density at radius 1 is 0.391 bits per heavy atom. The lowest BCUT2D eigenvalue weighted by molar-refractivity contribution is 0.619. The highest BCUT2D eigenvalue weighted by Crippen LogP contribution is 2.38. The van der Waals surface area contributed by atoms with Crippen LogP contribution in [0.25, 0.3) is 95.2 Å². The van der Waals surface area contributed by atoms with Crippen molar-refractivity contribution in [1.29, 1.82) is 0 Å². The first-order valence-corrected chi connectivity index (χ1v) is 15.0. The summed E-state index contributed by atoms with van der Waals surface area (Å²) in [4.78, 5) is 14.2. The van der Waals surface area contributed by atoms with Gasteiger partial charge in [0.1, 0.15) is 16.6 Å². The molecule has 0 fully saturated rings. The predicted octanol–water partition coefficient (Wildman–Crippen LogP) is 10.2. The minimum atomic E-state index is 0.585. The van der Waals surface area contributed by atoms with Gasteiger partial charge in [-0.15, -0.1) is 0 Å². The molecule has 0 aliphatic heterocycles. The topological polar surface area (TPSA) is 83.0 Å². The molecular formula is C39H22N4O3. The molecule has 0 saturated heterocycles. The van der Waals surface area contributed by atoms with Crippen LogP contribution in [0.2, 0.25) is 0 Å². The first kappa shape index (κ1) is 24.9. The van der Waals surface area contributed by atoms with Crippen LogP contribution >= 0.6 is 0 Å². The number of aromatic nitrogens is 4. The maximum Gasteiger partial charge on any atom is 0.227 e. The van der Waals surface area contributed by atoms with Gasteiger partial charge < -0.3 is 17.8 Å². The fourth-order valence-electron chi connectivity index (χ4n) is 6.31. The maximum absolute atomic E-state index is 6.15. The molecule has 0 bridgehead atoms. The summed E-state index contributed by atoms with van der Waals surface area (Å²) in [5.74, 6) is 1.77. The molecule has 4 aromatic heterocycles. The number of para-hydroxylation sites is 6. The Morgan fingerprint density at radius 3 is 1.22 bits per heavy atom. The van der Waals surface area contributed by atoms with Crippen molar-refractivity contribution < 1.29 is 13.3 Å². The molecule has 0 aliphatic carbocycles. The number of nitrogens with zero attached hydrogens (tertiary/aromatic N) is 4. The minimum Gasteiger partial charge on any atom is -0.436 e. The molecular weight excluding hydrogens is 572 g/mol. The summed E-state index contributed by atoms with van der Waals surface area (Å²) in [5.41, 5.74) is 10.6. The van der Waals surface area contributed by atoms with Gasteiger partial charge in [0, 0.05) is 33.2 Å². The van der Waals surface area contributed by atoms with E-state index in [4.69, 9.17) is 23.2 Å². The van der Waals surface area contributed by atoms with Crippen molar-refractivity contribution in [3.8, 4) is 40.0 Å². The van der Waals surface area contributed by atoms with Crippen LogP contribution < -0.4 is 0 Å². The van der Waals surface area contributed by atoms with Crippen molar-refractivity contribution in [2.45, 2.75) is 0 Å². The molecule has 4 heterocycles. The van der Waals surface area contributed by atoms with E-state index in [-0.39, 0.29) is 0 Å². The van der Waals surface area contributed by atoms with Crippen molar-refractivity contribution in [3.05, 3.63) is 133 Å². The molecule has 7 nitrogen and oxygen atoms in total. The number of oxazole rings is 3. The van der Waals surface area contributed by atoms with E-state index in [2.05, 4.69) is 70.2 Å². The second-order valence-electron chi connectivity index (χ2n) is 11.3. The SMILES string of the molecule is c1ccc2oc(-c3ccc(-n4c5ccc(-c6nc7ccccc7o6)cc5c5cc(-c6nc7ccccc7o6)ccc54)cc3)nc2c1. The molecule has 0 saturated carbocycles. The fourth-order valence-corrected chi connectivity index (χ4v) is 6.31. The Balaban J connectivity index is 1.16. The average Bonchev–Trinajstić information content (AvgIpc) is 3.90. The predicted molar refractivity (Wildman–Crippen MR) is 180 cm³/mol. The molecule has 216 valence electrons. The van der Waals surface area contributed by atoms with Gasteiger partial charge in [-0.2, -0.15) is 0 Å². The average molecular weight is 595 g/mol. The highest BCUT2D eigenvalue weighted by Gasteiger charge is 2.18. The Hall–Kier alpha value is -6.47. The van der Waals surface area contributed by atoms with E-state index in [1.54, 1.807) is 0 Å². The third-order valence-electron chi connectivity index (χ3n) is 8.51. The van der Waals surface area contributed by atoms with E-state index in [0.29, 0.717) is 17.7 Å². The lowest BCUT2D eigenvalue weighted by atomic mass is 10.1. The van der Waals surface area contributed by atoms with Gasteiger partial charge >= 0.3 is 0 Å². The Bertz CT molecular complexity index is 2530. The number of hydrogen-bond acceptors (Lipinski definition) is 6. The molecule has 0 radical (unpaired) electrons. The van der Waals surface area contributed by atoms with Crippen LogP contribution in [0.5, 0.6) is 0 Å². The van der Waals surface area contributed by atoms with Gasteiger partial charge in [-0.25, -0.2) is 15.0 Å². The van der Waals surface area contributed by atoms with Gasteiger partial charge in [0.15, 0.2) is 16.7 Å². The van der Waals surface area contributed by atoms with Crippen molar-refractivity contribution in [2.24, 2.45) is 0 Å². The van der Waals surface area contributed by atoms with Crippen LogP contribution in [-0.4, -0.2) is 19.5 Å². The smallest absolute Gasteiger partial charge is 0.227 e. The highest BCUT2D eigenvalue weighted by atomic mass is 16.4. The largest absolute Gasteiger partial charge is 0.436 e. The van der Waals surface area contributed by atoms with Gasteiger partial charge in [-0.05, 0) is 97.1 Å². The van der Waals surface area contributed by atoms with E-state index in [0.717, 1.165) is 77.5 Å². The standard InChI is InChI=1S/C39H22N4O3/c1-4-10-34-29(7-1)40-37(44-34)23-13-17-26(18-14-23)43-32-19-15-24(38-41-30-8-2-5-11-35(30)45-38)21-27(32)28-22-25(16-20-33(28)43)39-42-31-9-3-6-12-36(31)46-39/h1-22H. The Morgan fingerprint density at radius 2 is 0.783 bits per heavy atom. The van der Waals surface area contributed by atoms with Crippen LogP contribution in [0.1, 0.15) is 0 Å². The summed E-state index contributed by atoms with van der Waals surface area (Å²) in [6, 6.07) is 44.5. The molecule has 0 amide bonds. The lowest BCUT2D eigenvalue weighted by Crippen LogP contribution is -1.94. The molecule has 0 N–H and O–H groups in total. The molecule has 10 aromatic rings. The molecule has 0 aliphatic rings. The molecule has 46 heavy (non-hydrogen) atoms. The van der Waals surface area contributed by atoms with E-state index < -0.39 is 0 Å². The Labute approximate surface area is 261 Å². The van der Waals surface area contributed by atoms with E-state index in [1.165, 1.54) is 0 Å². The van der Waals surface area contributed by atoms with Crippen LogP contribution in [-0.2, 0) is 0 Å². The first-order chi connectivity index (χ1) is 22.7. The van der Waals surface area contributed by atoms with Crippen molar-refractivity contribution >= 4 is 55.1 Å². The van der Waals surface area contributed by atoms with E-state index in [1.807, 2.05) is 72.8 Å². The summed E-state index contributed by atoms with van der Waals surface area (Å²) in [6.45, 7) is 0. The minimum absolute atomic E-state index is 0.585. The highest BCUT2D eigenvalue weighted by molar-refractivity contribution is 6.11. The zero-order chi connectivity index (χ0) is 30.2. The number of benzene rings is 6. The van der Waals surface area contributed by atoms with Gasteiger partial charge in [0.05, 0.1) is 11.0 Å². The molecule has 0 atom stereocenters. The third-order valence-corrected chi connectivity index (χ3v) is 8.51. The van der Waals surface area contributed by atoms with Crippen LogP contribution in [0, 0.1) is 0 Å². The van der Waals surface area contributed by atoms with E-state index >= 15 is 0 Å². The zero-order valence-corrected chi connectivity index (χ0v) is 24.2. The van der Waals surface area contributed by atoms with Crippen molar-refractivity contribution in [2.75, 3.05) is 0 Å². The molecule has 0 unspecified atom stereocenters. The first-order valence-electron chi connectivity index (χ1n) is 15.0. The molecule has 7 heteroatoms. The van der Waals surface area contributed by atoms with Gasteiger partial charge in [-0.3, -0.25) is 0 Å². The summed E-state index contributed by atoms with van der Waals surface area (Å²) in [7, 11) is 0. The zero-order valence-electron chi connectivity index (χ0n) is 24.2. The van der Waals surface area contributed by atoms with Crippen LogP contribution in [0.4, 0.5) is 0 Å². The molecule has 0 spiro atoms. The third kappa shape index (κ3) is 3.82. The Kier molecular flexibility index (Phi) is 5.15. The summed E-state index contributed by atoms with van der Waals surface area (Å²) < 4.78 is 20.6. The molecule has 10 rings (SSSR count). The normalized spacial score (nSPS) is 11.9. The second-order valence-corrected chi connectivity index (χ2v) is 11.3. The molecule has 6 aromatic carbocycles. The van der Waals surface area contributed by atoms with Crippen molar-refractivity contribution in [3.63, 3.8) is 0 Å². The number of hydrogen-bond donors (Lipinski definition) is 0. The monoisotopic (exact) mass is 594 g/mol. The summed E-state index contributed by atoms with van der Waals surface area (Å²) in [6.07, 6.45) is 0. The van der Waals surface area contributed by atoms with Crippen LogP contribution in [0.15, 0.2) is 147 Å². The van der Waals surface area contributed by atoms with Gasteiger partial charge in [0.2, 0.25) is 17.7 Å². The summed E-state index contributed by atoms with van der Waals surface area (Å²) >= 11 is 0. The fraction of sp³-hybridized carbons (Fsp3) is 0. The van der Waals surface area contributed by atoms with Gasteiger partial charge in [-0.1, -0.05) is 36.4 Å².